The average molecular weight is 428 g/mol. The third-order valence-corrected chi connectivity index (χ3v) is 6.43. The monoisotopic (exact) mass is 427 g/mol. The van der Waals surface area contributed by atoms with E-state index in [-0.39, 0.29) is 17.2 Å². The zero-order valence-electron chi connectivity index (χ0n) is 18.2. The number of aryl methyl sites for hydroxylation is 1. The molecule has 0 saturated heterocycles. The highest BCUT2D eigenvalue weighted by molar-refractivity contribution is 8.04. The van der Waals surface area contributed by atoms with Crippen molar-refractivity contribution in [3.8, 4) is 0 Å². The molecule has 31 heavy (non-hydrogen) atoms. The number of hydrogen-bond donors (Lipinski definition) is 0. The second kappa shape index (κ2) is 8.20. The largest absolute Gasteiger partial charge is 0.272 e. The molecule has 0 bridgehead atoms. The Hall–Kier alpha value is -3.11. The molecule has 1 heterocycles. The van der Waals surface area contributed by atoms with Crippen LogP contribution in [0, 0.1) is 6.92 Å². The predicted octanol–water partition coefficient (Wildman–Crippen LogP) is 6.37. The minimum atomic E-state index is -0.282. The second-order valence-electron chi connectivity index (χ2n) is 8.73. The molecule has 4 rings (SSSR count). The van der Waals surface area contributed by atoms with Gasteiger partial charge in [0.25, 0.3) is 11.8 Å². The first-order valence-electron chi connectivity index (χ1n) is 10.3. The van der Waals surface area contributed by atoms with Gasteiger partial charge >= 0.3 is 0 Å². The molecule has 0 atom stereocenters. The molecule has 4 heteroatoms. The van der Waals surface area contributed by atoms with Crippen LogP contribution in [0.3, 0.4) is 0 Å². The Morgan fingerprint density at radius 1 is 0.742 bits per heavy atom. The number of carbonyl (C=O) groups is 2. The van der Waals surface area contributed by atoms with Crippen LogP contribution in [0.25, 0.3) is 5.57 Å². The molecule has 0 radical (unpaired) electrons. The molecular weight excluding hydrogens is 402 g/mol. The van der Waals surface area contributed by atoms with Crippen molar-refractivity contribution in [3.63, 3.8) is 0 Å². The molecule has 3 aromatic rings. The smallest absolute Gasteiger partial charge is 0.268 e. The van der Waals surface area contributed by atoms with Gasteiger partial charge in [0, 0.05) is 4.90 Å². The van der Waals surface area contributed by atoms with Gasteiger partial charge in [0.2, 0.25) is 0 Å². The van der Waals surface area contributed by atoms with Crippen LogP contribution in [0.5, 0.6) is 0 Å². The zero-order valence-corrected chi connectivity index (χ0v) is 19.0. The summed E-state index contributed by atoms with van der Waals surface area (Å²) in [6.07, 6.45) is 0. The average Bonchev–Trinajstić information content (AvgIpc) is 2.98. The van der Waals surface area contributed by atoms with Gasteiger partial charge in [-0.05, 0) is 47.7 Å². The Morgan fingerprint density at radius 3 is 1.94 bits per heavy atom. The summed E-state index contributed by atoms with van der Waals surface area (Å²) in [6, 6.07) is 25.1. The molecule has 0 spiro atoms. The summed E-state index contributed by atoms with van der Waals surface area (Å²) in [5, 5.41) is 0. The van der Waals surface area contributed by atoms with Crippen LogP contribution in [0.4, 0.5) is 5.69 Å². The van der Waals surface area contributed by atoms with Crippen LogP contribution < -0.4 is 4.90 Å². The number of thioether (sulfide) groups is 1. The van der Waals surface area contributed by atoms with Gasteiger partial charge in [-0.1, -0.05) is 92.7 Å². The van der Waals surface area contributed by atoms with Crippen molar-refractivity contribution in [2.45, 2.75) is 38.0 Å². The Balaban J connectivity index is 1.77. The van der Waals surface area contributed by atoms with E-state index in [0.29, 0.717) is 16.2 Å². The molecule has 0 fully saturated rings. The van der Waals surface area contributed by atoms with Crippen molar-refractivity contribution < 1.29 is 9.59 Å². The summed E-state index contributed by atoms with van der Waals surface area (Å²) >= 11 is 1.34. The molecule has 1 aliphatic rings. The second-order valence-corrected chi connectivity index (χ2v) is 9.81. The minimum Gasteiger partial charge on any atom is -0.268 e. The minimum absolute atomic E-state index is 0.00279. The quantitative estimate of drug-likeness (QED) is 0.454. The topological polar surface area (TPSA) is 37.4 Å². The van der Waals surface area contributed by atoms with Gasteiger partial charge in [0.15, 0.2) is 0 Å². The van der Waals surface area contributed by atoms with Crippen molar-refractivity contribution in [1.82, 2.24) is 0 Å². The van der Waals surface area contributed by atoms with Gasteiger partial charge < -0.3 is 0 Å². The summed E-state index contributed by atoms with van der Waals surface area (Å²) in [5.74, 6) is -0.561. The van der Waals surface area contributed by atoms with E-state index >= 15 is 0 Å². The molecule has 0 aliphatic carbocycles. The van der Waals surface area contributed by atoms with Crippen molar-refractivity contribution in [2.24, 2.45) is 0 Å². The highest BCUT2D eigenvalue weighted by Gasteiger charge is 2.40. The van der Waals surface area contributed by atoms with Crippen LogP contribution in [-0.4, -0.2) is 11.8 Å². The van der Waals surface area contributed by atoms with E-state index in [4.69, 9.17) is 0 Å². The lowest BCUT2D eigenvalue weighted by Crippen LogP contribution is -2.31. The fourth-order valence-corrected chi connectivity index (χ4v) is 4.55. The van der Waals surface area contributed by atoms with Gasteiger partial charge in [-0.15, -0.1) is 0 Å². The van der Waals surface area contributed by atoms with Crippen molar-refractivity contribution in [1.29, 1.82) is 0 Å². The van der Waals surface area contributed by atoms with Crippen LogP contribution in [0.2, 0.25) is 0 Å². The van der Waals surface area contributed by atoms with E-state index < -0.39 is 0 Å². The van der Waals surface area contributed by atoms with E-state index in [0.717, 1.165) is 21.6 Å². The van der Waals surface area contributed by atoms with Gasteiger partial charge in [-0.3, -0.25) is 9.59 Å². The fraction of sp³-hybridized carbons (Fsp3) is 0.185. The Kier molecular flexibility index (Phi) is 5.59. The van der Waals surface area contributed by atoms with E-state index in [1.807, 2.05) is 85.8 Å². The van der Waals surface area contributed by atoms with E-state index in [1.165, 1.54) is 16.7 Å². The molecule has 0 aromatic heterocycles. The number of benzene rings is 3. The Morgan fingerprint density at radius 2 is 1.35 bits per heavy atom. The highest BCUT2D eigenvalue weighted by Crippen LogP contribution is 2.41. The standard InChI is InChI=1S/C27H25NO2S/c1-18-10-12-19(13-11-18)23-24(31-22-8-6-5-7-9-22)26(30)28(25(23)29)21-16-14-20(15-17-21)27(2,3)4/h5-17H,1-4H3. The number of carbonyl (C=O) groups excluding carboxylic acids is 2. The first kappa shape index (κ1) is 21.1. The van der Waals surface area contributed by atoms with Crippen molar-refractivity contribution >= 4 is 34.8 Å². The summed E-state index contributed by atoms with van der Waals surface area (Å²) in [5.41, 5.74) is 4.07. The summed E-state index contributed by atoms with van der Waals surface area (Å²) in [7, 11) is 0. The first-order valence-corrected chi connectivity index (χ1v) is 11.1. The number of anilines is 1. The molecule has 1 aliphatic heterocycles. The summed E-state index contributed by atoms with van der Waals surface area (Å²) in [4.78, 5) is 29.7. The molecular formula is C27H25NO2S. The molecule has 0 unspecified atom stereocenters. The van der Waals surface area contributed by atoms with Crippen LogP contribution in [0.15, 0.2) is 88.7 Å². The van der Waals surface area contributed by atoms with Crippen molar-refractivity contribution in [3.05, 3.63) is 100 Å². The Labute approximate surface area is 187 Å². The number of amides is 2. The lowest BCUT2D eigenvalue weighted by atomic mass is 9.87. The van der Waals surface area contributed by atoms with E-state index in [1.54, 1.807) is 0 Å². The first-order chi connectivity index (χ1) is 14.8. The van der Waals surface area contributed by atoms with E-state index in [2.05, 4.69) is 20.8 Å². The predicted molar refractivity (Wildman–Crippen MR) is 128 cm³/mol. The van der Waals surface area contributed by atoms with Crippen LogP contribution in [-0.2, 0) is 15.0 Å². The zero-order chi connectivity index (χ0) is 22.2. The molecule has 0 N–H and O–H groups in total. The van der Waals surface area contributed by atoms with E-state index in [9.17, 15) is 9.59 Å². The highest BCUT2D eigenvalue weighted by atomic mass is 32.2. The number of nitrogens with zero attached hydrogens (tertiary/aromatic N) is 1. The van der Waals surface area contributed by atoms with Gasteiger partial charge in [-0.2, -0.15) is 0 Å². The third-order valence-electron chi connectivity index (χ3n) is 5.34. The third kappa shape index (κ3) is 4.21. The number of hydrogen-bond acceptors (Lipinski definition) is 3. The maximum atomic E-state index is 13.5. The maximum absolute atomic E-state index is 13.5. The maximum Gasteiger partial charge on any atom is 0.272 e. The van der Waals surface area contributed by atoms with Gasteiger partial charge in [0.05, 0.1) is 16.2 Å². The molecule has 2 amide bonds. The molecule has 0 saturated carbocycles. The fourth-order valence-electron chi connectivity index (χ4n) is 3.53. The molecule has 3 nitrogen and oxygen atoms in total. The number of rotatable bonds is 4. The summed E-state index contributed by atoms with van der Waals surface area (Å²) < 4.78 is 0. The SMILES string of the molecule is Cc1ccc(C2=C(Sc3ccccc3)C(=O)N(c3ccc(C(C)(C)C)cc3)C2=O)cc1. The van der Waals surface area contributed by atoms with Crippen molar-refractivity contribution in [2.75, 3.05) is 4.90 Å². The van der Waals surface area contributed by atoms with Crippen LogP contribution >= 0.6 is 11.8 Å². The molecule has 156 valence electrons. The Bertz CT molecular complexity index is 1150. The normalized spacial score (nSPS) is 14.5. The van der Waals surface area contributed by atoms with Crippen LogP contribution in [0.1, 0.15) is 37.5 Å². The van der Waals surface area contributed by atoms with Gasteiger partial charge in [0.1, 0.15) is 0 Å². The lowest BCUT2D eigenvalue weighted by Gasteiger charge is -2.21. The molecule has 3 aromatic carbocycles. The lowest BCUT2D eigenvalue weighted by molar-refractivity contribution is -0.119. The van der Waals surface area contributed by atoms with Gasteiger partial charge in [-0.25, -0.2) is 4.90 Å². The summed E-state index contributed by atoms with van der Waals surface area (Å²) in [6.45, 7) is 8.42. The number of imide groups is 1.